The third kappa shape index (κ3) is 8.30. The number of carboxylic acid groups (broad SMARTS) is 1. The number of carbonyl (C=O) groups is 3. The maximum absolute atomic E-state index is 14.5. The van der Waals surface area contributed by atoms with Crippen molar-refractivity contribution in [2.45, 2.75) is 85.1 Å². The van der Waals surface area contributed by atoms with Gasteiger partial charge < -0.3 is 34.6 Å². The zero-order chi connectivity index (χ0) is 41.0. The molecule has 0 aliphatic heterocycles. The Balaban J connectivity index is 1.42. The Hall–Kier alpha value is -4.42. The number of aromatic nitrogens is 2. The van der Waals surface area contributed by atoms with Crippen LogP contribution in [-0.4, -0.2) is 119 Å². The molecule has 57 heavy (non-hydrogen) atoms. The second kappa shape index (κ2) is 18.0. The highest BCUT2D eigenvalue weighted by molar-refractivity contribution is 5.98. The predicted octanol–water partition coefficient (Wildman–Crippen LogP) is 6.82. The number of carbonyl (C=O) groups excluding carboxylic acids is 2. The number of likely N-dealkylation sites (N-methyl/N-ethyl adjacent to an activating group) is 2. The zero-order valence-electron chi connectivity index (χ0n) is 35.3. The second-order valence-electron chi connectivity index (χ2n) is 16.6. The van der Waals surface area contributed by atoms with E-state index in [1.54, 1.807) is 25.0 Å². The quantitative estimate of drug-likeness (QED) is 0.135. The van der Waals surface area contributed by atoms with Crippen molar-refractivity contribution in [3.63, 3.8) is 0 Å². The Morgan fingerprint density at radius 3 is 1.84 bits per heavy atom. The fourth-order valence-electron chi connectivity index (χ4n) is 10.2. The number of nitrogens with zero attached hydrogens (tertiary/aromatic N) is 5. The zero-order valence-corrected chi connectivity index (χ0v) is 35.3. The van der Waals surface area contributed by atoms with Crippen LogP contribution in [0.3, 0.4) is 0 Å². The lowest BCUT2D eigenvalue weighted by atomic mass is 9.48. The molecule has 3 aromatic rings. The molecule has 310 valence electrons. The van der Waals surface area contributed by atoms with Crippen molar-refractivity contribution in [2.24, 2.45) is 23.7 Å². The first kappa shape index (κ1) is 42.2. The lowest BCUT2D eigenvalue weighted by Gasteiger charge is -2.59. The SMILES string of the molecule is CCN(CC)CCN(CCN(CC)CC)C(=O)c1ccc(-n2nc(C(=O)NC3(C(=O)O)C4CC5CC(C4)CC3C5)cc2-c2c(OC)cccc2OC)c(C(C)C)c1. The minimum Gasteiger partial charge on any atom is -0.496 e. The summed E-state index contributed by atoms with van der Waals surface area (Å²) in [7, 11) is 3.17. The maximum Gasteiger partial charge on any atom is 0.330 e. The molecule has 4 fully saturated rings. The third-order valence-electron chi connectivity index (χ3n) is 13.3. The molecule has 0 unspecified atom stereocenters. The Morgan fingerprint density at radius 2 is 1.37 bits per heavy atom. The summed E-state index contributed by atoms with van der Waals surface area (Å²) in [5, 5.41) is 18.9. The Morgan fingerprint density at radius 1 is 0.825 bits per heavy atom. The molecule has 4 aliphatic rings. The van der Waals surface area contributed by atoms with Gasteiger partial charge in [-0.1, -0.05) is 47.6 Å². The minimum atomic E-state index is -1.33. The molecule has 7 rings (SSSR count). The van der Waals surface area contributed by atoms with E-state index in [0.717, 1.165) is 70.5 Å². The maximum atomic E-state index is 14.5. The topological polar surface area (TPSA) is 129 Å². The Kier molecular flexibility index (Phi) is 13.3. The number of methoxy groups -OCH3 is 2. The van der Waals surface area contributed by atoms with Crippen molar-refractivity contribution in [3.05, 3.63) is 59.3 Å². The first-order valence-electron chi connectivity index (χ1n) is 21.2. The molecule has 1 heterocycles. The number of rotatable bonds is 19. The van der Waals surface area contributed by atoms with Crippen LogP contribution >= 0.6 is 0 Å². The average Bonchev–Trinajstić information content (AvgIpc) is 3.66. The van der Waals surface area contributed by atoms with Crippen LogP contribution in [0.1, 0.15) is 106 Å². The summed E-state index contributed by atoms with van der Waals surface area (Å²) in [5.74, 6) is 0.374. The molecule has 4 bridgehead atoms. The van der Waals surface area contributed by atoms with Gasteiger partial charge >= 0.3 is 5.97 Å². The number of ether oxygens (including phenoxy) is 2. The van der Waals surface area contributed by atoms with Crippen LogP contribution in [0.25, 0.3) is 16.9 Å². The second-order valence-corrected chi connectivity index (χ2v) is 16.6. The smallest absolute Gasteiger partial charge is 0.330 e. The summed E-state index contributed by atoms with van der Waals surface area (Å²) in [6.45, 7) is 19.2. The average molecular weight is 785 g/mol. The first-order valence-corrected chi connectivity index (χ1v) is 21.2. The molecule has 1 aromatic heterocycles. The van der Waals surface area contributed by atoms with E-state index in [-0.39, 0.29) is 29.4 Å². The fraction of sp³-hybridized carbons (Fsp3) is 0.600. The van der Waals surface area contributed by atoms with E-state index in [1.807, 2.05) is 41.3 Å². The molecule has 2 aromatic carbocycles. The van der Waals surface area contributed by atoms with Crippen molar-refractivity contribution in [1.29, 1.82) is 0 Å². The van der Waals surface area contributed by atoms with Gasteiger partial charge in [-0.05, 0) is 130 Å². The van der Waals surface area contributed by atoms with E-state index in [1.165, 1.54) is 6.42 Å². The highest BCUT2D eigenvalue weighted by Gasteiger charge is 2.62. The molecule has 0 spiro atoms. The Labute approximate surface area is 338 Å². The van der Waals surface area contributed by atoms with Crippen molar-refractivity contribution in [1.82, 2.24) is 29.8 Å². The van der Waals surface area contributed by atoms with Crippen LogP contribution in [0.2, 0.25) is 0 Å². The molecule has 12 heteroatoms. The van der Waals surface area contributed by atoms with Crippen LogP contribution in [0, 0.1) is 23.7 Å². The van der Waals surface area contributed by atoms with Gasteiger partial charge in [-0.15, -0.1) is 0 Å². The number of aliphatic carboxylic acids is 1. The van der Waals surface area contributed by atoms with Gasteiger partial charge in [-0.25, -0.2) is 9.48 Å². The van der Waals surface area contributed by atoms with Gasteiger partial charge in [0.1, 0.15) is 17.0 Å². The molecule has 4 saturated carbocycles. The fourth-order valence-corrected chi connectivity index (χ4v) is 10.2. The van der Waals surface area contributed by atoms with E-state index < -0.39 is 17.4 Å². The van der Waals surface area contributed by atoms with Gasteiger partial charge in [0.25, 0.3) is 11.8 Å². The van der Waals surface area contributed by atoms with E-state index >= 15 is 0 Å². The molecule has 12 nitrogen and oxygen atoms in total. The van der Waals surface area contributed by atoms with Gasteiger partial charge in [-0.3, -0.25) is 9.59 Å². The van der Waals surface area contributed by atoms with Crippen molar-refractivity contribution in [3.8, 4) is 28.4 Å². The number of nitrogens with one attached hydrogen (secondary N) is 1. The number of carboxylic acids is 1. The number of hydrogen-bond donors (Lipinski definition) is 2. The van der Waals surface area contributed by atoms with Crippen LogP contribution in [0.4, 0.5) is 0 Å². The molecular weight excluding hydrogens is 721 g/mol. The van der Waals surface area contributed by atoms with E-state index in [4.69, 9.17) is 14.6 Å². The normalized spacial score (nSPS) is 22.4. The minimum absolute atomic E-state index is 0.0234. The lowest BCUT2D eigenvalue weighted by molar-refractivity contribution is -0.163. The highest BCUT2D eigenvalue weighted by atomic mass is 16.5. The van der Waals surface area contributed by atoms with E-state index in [9.17, 15) is 19.5 Å². The summed E-state index contributed by atoms with van der Waals surface area (Å²) < 4.78 is 13.4. The monoisotopic (exact) mass is 784 g/mol. The standard InChI is InChI=1S/C45H64N6O6/c1-9-48(10-2)18-20-50(21-19-49(11-3)12-4)43(53)32-16-17-37(35(27-32)29(5)6)51-38(41-39(56-7)14-13-15-40(41)57-8)28-36(47-51)42(52)46-45(44(54)55)33-23-30-22-31(25-33)26-34(45)24-30/h13-17,27-31,33-34H,9-12,18-26H2,1-8H3,(H,46,52)(H,54,55). The summed E-state index contributed by atoms with van der Waals surface area (Å²) >= 11 is 0. The van der Waals surface area contributed by atoms with Crippen molar-refractivity contribution >= 4 is 17.8 Å². The summed E-state index contributed by atoms with van der Waals surface area (Å²) in [6, 6.07) is 12.9. The van der Waals surface area contributed by atoms with Crippen molar-refractivity contribution < 1.29 is 29.0 Å². The number of amides is 2. The molecular formula is C45H64N6O6. The van der Waals surface area contributed by atoms with E-state index in [0.29, 0.717) is 58.9 Å². The van der Waals surface area contributed by atoms with Gasteiger partial charge in [0.05, 0.1) is 31.2 Å². The first-order chi connectivity index (χ1) is 27.4. The molecule has 0 saturated heterocycles. The third-order valence-corrected chi connectivity index (χ3v) is 13.3. The molecule has 4 aliphatic carbocycles. The van der Waals surface area contributed by atoms with Crippen LogP contribution in [0.5, 0.6) is 11.5 Å². The van der Waals surface area contributed by atoms with Gasteiger partial charge in [0.15, 0.2) is 5.69 Å². The highest BCUT2D eigenvalue weighted by Crippen LogP contribution is 2.58. The summed E-state index contributed by atoms with van der Waals surface area (Å²) in [4.78, 5) is 48.7. The van der Waals surface area contributed by atoms with Crippen LogP contribution < -0.4 is 14.8 Å². The molecule has 0 radical (unpaired) electrons. The van der Waals surface area contributed by atoms with Gasteiger partial charge in [0.2, 0.25) is 0 Å². The van der Waals surface area contributed by atoms with Crippen LogP contribution in [-0.2, 0) is 4.79 Å². The Bertz CT molecular complexity index is 1830. The number of benzene rings is 2. The summed E-state index contributed by atoms with van der Waals surface area (Å²) in [5.41, 5.74) is 2.08. The van der Waals surface area contributed by atoms with Crippen molar-refractivity contribution in [2.75, 3.05) is 66.6 Å². The summed E-state index contributed by atoms with van der Waals surface area (Å²) in [6.07, 6.45) is 4.45. The molecule has 2 amide bonds. The molecule has 0 atom stereocenters. The molecule has 2 N–H and O–H groups in total. The van der Waals surface area contributed by atoms with Crippen LogP contribution in [0.15, 0.2) is 42.5 Å². The van der Waals surface area contributed by atoms with Gasteiger partial charge in [0, 0.05) is 31.7 Å². The largest absolute Gasteiger partial charge is 0.496 e. The number of hydrogen-bond acceptors (Lipinski definition) is 8. The lowest BCUT2D eigenvalue weighted by Crippen LogP contribution is -2.70. The van der Waals surface area contributed by atoms with Gasteiger partial charge in [-0.2, -0.15) is 5.10 Å². The predicted molar refractivity (Wildman–Crippen MR) is 223 cm³/mol. The van der Waals surface area contributed by atoms with E-state index in [2.05, 4.69) is 56.7 Å².